The molecule has 1 aromatic heterocycles. The van der Waals surface area contributed by atoms with Crippen LogP contribution in [0, 0.1) is 0 Å². The molecule has 0 aromatic carbocycles. The third-order valence-electron chi connectivity index (χ3n) is 2.57. The van der Waals surface area contributed by atoms with Crippen molar-refractivity contribution < 1.29 is 4.79 Å². The summed E-state index contributed by atoms with van der Waals surface area (Å²) in [7, 11) is 0. The van der Waals surface area contributed by atoms with Gasteiger partial charge in [0.15, 0.2) is 0 Å². The molecule has 1 atom stereocenters. The first kappa shape index (κ1) is 9.19. The molecule has 74 valence electrons. The van der Waals surface area contributed by atoms with Crippen LogP contribution in [0.25, 0.3) is 0 Å². The highest BCUT2D eigenvalue weighted by atomic mass is 16.1. The molecule has 1 N–H and O–H groups in total. The van der Waals surface area contributed by atoms with E-state index in [1.54, 1.807) is 0 Å². The van der Waals surface area contributed by atoms with E-state index in [1.807, 2.05) is 19.1 Å². The van der Waals surface area contributed by atoms with Gasteiger partial charge in [-0.05, 0) is 25.0 Å². The second kappa shape index (κ2) is 3.78. The molecule has 1 aliphatic rings. The first-order valence-electron chi connectivity index (χ1n) is 5.00. The number of hydrogen-bond donors (Lipinski definition) is 1. The van der Waals surface area contributed by atoms with Gasteiger partial charge >= 0.3 is 0 Å². The minimum absolute atomic E-state index is 0.0952. The molecule has 0 spiro atoms. The highest BCUT2D eigenvalue weighted by Gasteiger charge is 2.12. The van der Waals surface area contributed by atoms with Crippen molar-refractivity contribution in [2.24, 2.45) is 0 Å². The normalized spacial score (nSPS) is 16.6. The van der Waals surface area contributed by atoms with E-state index in [0.29, 0.717) is 0 Å². The van der Waals surface area contributed by atoms with Gasteiger partial charge in [-0.3, -0.25) is 4.98 Å². The molecule has 0 bridgehead atoms. The van der Waals surface area contributed by atoms with Crippen LogP contribution in [0.2, 0.25) is 0 Å². The fourth-order valence-electron chi connectivity index (χ4n) is 1.67. The Bertz CT molecular complexity index is 349. The molecule has 3 nitrogen and oxygen atoms in total. The molecule has 1 aromatic rings. The molecular formula is C11H14N2O. The molecule has 14 heavy (non-hydrogen) atoms. The lowest BCUT2D eigenvalue weighted by atomic mass is 10.1. The Balaban J connectivity index is 2.33. The van der Waals surface area contributed by atoms with E-state index in [-0.39, 0.29) is 5.92 Å². The maximum absolute atomic E-state index is 10.6. The summed E-state index contributed by atoms with van der Waals surface area (Å²) in [6, 6.07) is 3.95. The van der Waals surface area contributed by atoms with Gasteiger partial charge in [-0.2, -0.15) is 0 Å². The largest absolute Gasteiger partial charge is 0.384 e. The number of aldehydes is 1. The smallest absolute Gasteiger partial charge is 0.128 e. The Kier molecular flexibility index (Phi) is 2.48. The lowest BCUT2D eigenvalue weighted by Gasteiger charge is -2.18. The van der Waals surface area contributed by atoms with Crippen molar-refractivity contribution in [3.05, 3.63) is 23.5 Å². The first-order valence-corrected chi connectivity index (χ1v) is 5.00. The lowest BCUT2D eigenvalue weighted by molar-refractivity contribution is -0.108. The number of nitrogens with one attached hydrogen (secondary N) is 1. The van der Waals surface area contributed by atoms with Crippen molar-refractivity contribution in [2.75, 3.05) is 11.9 Å². The summed E-state index contributed by atoms with van der Waals surface area (Å²) in [6.45, 7) is 2.90. The summed E-state index contributed by atoms with van der Waals surface area (Å²) in [5.41, 5.74) is 3.10. The number of carbonyl (C=O) groups is 1. The maximum Gasteiger partial charge on any atom is 0.128 e. The van der Waals surface area contributed by atoms with Gasteiger partial charge in [0.2, 0.25) is 0 Å². The monoisotopic (exact) mass is 190 g/mol. The predicted molar refractivity (Wildman–Crippen MR) is 55.5 cm³/mol. The van der Waals surface area contributed by atoms with Crippen LogP contribution in [0.5, 0.6) is 0 Å². The topological polar surface area (TPSA) is 42.0 Å². The zero-order valence-corrected chi connectivity index (χ0v) is 8.29. The third-order valence-corrected chi connectivity index (χ3v) is 2.57. The van der Waals surface area contributed by atoms with Crippen LogP contribution < -0.4 is 5.32 Å². The van der Waals surface area contributed by atoms with Crippen LogP contribution in [-0.2, 0) is 11.2 Å². The Morgan fingerprint density at radius 3 is 3.21 bits per heavy atom. The molecule has 3 heteroatoms. The highest BCUT2D eigenvalue weighted by Crippen LogP contribution is 2.22. The fraction of sp³-hybridized carbons (Fsp3) is 0.455. The SMILES string of the molecule is CC(C=O)c1ccc2c(n1)CCCN2. The van der Waals surface area contributed by atoms with E-state index in [1.165, 1.54) is 0 Å². The fourth-order valence-corrected chi connectivity index (χ4v) is 1.67. The maximum atomic E-state index is 10.6. The number of nitrogens with zero attached hydrogens (tertiary/aromatic N) is 1. The summed E-state index contributed by atoms with van der Waals surface area (Å²) in [4.78, 5) is 15.1. The van der Waals surface area contributed by atoms with Crippen LogP contribution in [-0.4, -0.2) is 17.8 Å². The summed E-state index contributed by atoms with van der Waals surface area (Å²) in [5, 5.41) is 3.30. The molecule has 1 aliphatic heterocycles. The molecular weight excluding hydrogens is 176 g/mol. The third kappa shape index (κ3) is 1.62. The number of anilines is 1. The van der Waals surface area contributed by atoms with Crippen molar-refractivity contribution in [2.45, 2.75) is 25.7 Å². The Labute approximate surface area is 83.5 Å². The number of aryl methyl sites for hydroxylation is 1. The van der Waals surface area contributed by atoms with E-state index in [4.69, 9.17) is 0 Å². The quantitative estimate of drug-likeness (QED) is 0.722. The van der Waals surface area contributed by atoms with Gasteiger partial charge < -0.3 is 10.1 Å². The number of fused-ring (bicyclic) bond motifs is 1. The number of hydrogen-bond acceptors (Lipinski definition) is 3. The van der Waals surface area contributed by atoms with Crippen LogP contribution in [0.4, 0.5) is 5.69 Å². The van der Waals surface area contributed by atoms with Crippen LogP contribution >= 0.6 is 0 Å². The van der Waals surface area contributed by atoms with Crippen molar-refractivity contribution >= 4 is 12.0 Å². The minimum atomic E-state index is -0.0952. The van der Waals surface area contributed by atoms with Gasteiger partial charge in [-0.15, -0.1) is 0 Å². The Morgan fingerprint density at radius 2 is 2.43 bits per heavy atom. The van der Waals surface area contributed by atoms with Crippen molar-refractivity contribution in [3.8, 4) is 0 Å². The standard InChI is InChI=1S/C11H14N2O/c1-8(7-14)9-4-5-10-11(13-9)3-2-6-12-10/h4-5,7-8,12H,2-3,6H2,1H3. The molecule has 0 saturated carbocycles. The van der Waals surface area contributed by atoms with Crippen LogP contribution in [0.1, 0.15) is 30.7 Å². The molecule has 0 radical (unpaired) electrons. The molecule has 0 fully saturated rings. The van der Waals surface area contributed by atoms with Gasteiger partial charge in [-0.25, -0.2) is 0 Å². The molecule has 0 saturated heterocycles. The second-order valence-corrected chi connectivity index (χ2v) is 3.69. The molecule has 0 aliphatic carbocycles. The summed E-state index contributed by atoms with van der Waals surface area (Å²) < 4.78 is 0. The molecule has 1 unspecified atom stereocenters. The zero-order valence-electron chi connectivity index (χ0n) is 8.29. The average molecular weight is 190 g/mol. The number of rotatable bonds is 2. The lowest BCUT2D eigenvalue weighted by Crippen LogP contribution is -2.14. The van der Waals surface area contributed by atoms with Crippen LogP contribution in [0.3, 0.4) is 0 Å². The van der Waals surface area contributed by atoms with E-state index in [0.717, 1.165) is 42.7 Å². The highest BCUT2D eigenvalue weighted by molar-refractivity contribution is 5.61. The Hall–Kier alpha value is -1.38. The van der Waals surface area contributed by atoms with E-state index in [2.05, 4.69) is 10.3 Å². The van der Waals surface area contributed by atoms with Crippen LogP contribution in [0.15, 0.2) is 12.1 Å². The zero-order chi connectivity index (χ0) is 9.97. The minimum Gasteiger partial charge on any atom is -0.384 e. The average Bonchev–Trinajstić information content (AvgIpc) is 2.27. The number of carbonyl (C=O) groups excluding carboxylic acids is 1. The molecule has 2 heterocycles. The van der Waals surface area contributed by atoms with Gasteiger partial charge in [0.05, 0.1) is 23.0 Å². The van der Waals surface area contributed by atoms with Gasteiger partial charge in [0.1, 0.15) is 6.29 Å². The predicted octanol–water partition coefficient (Wildman–Crippen LogP) is 1.74. The molecule has 2 rings (SSSR count). The van der Waals surface area contributed by atoms with Crippen molar-refractivity contribution in [1.29, 1.82) is 0 Å². The Morgan fingerprint density at radius 1 is 1.57 bits per heavy atom. The molecule has 0 amide bonds. The van der Waals surface area contributed by atoms with Crippen molar-refractivity contribution in [3.63, 3.8) is 0 Å². The van der Waals surface area contributed by atoms with E-state index >= 15 is 0 Å². The van der Waals surface area contributed by atoms with Gasteiger partial charge in [0, 0.05) is 6.54 Å². The summed E-state index contributed by atoms with van der Waals surface area (Å²) >= 11 is 0. The number of pyridine rings is 1. The van der Waals surface area contributed by atoms with Gasteiger partial charge in [-0.1, -0.05) is 6.92 Å². The summed E-state index contributed by atoms with van der Waals surface area (Å²) in [5.74, 6) is -0.0952. The second-order valence-electron chi connectivity index (χ2n) is 3.69. The van der Waals surface area contributed by atoms with Crippen molar-refractivity contribution in [1.82, 2.24) is 4.98 Å². The van der Waals surface area contributed by atoms with E-state index in [9.17, 15) is 4.79 Å². The summed E-state index contributed by atoms with van der Waals surface area (Å²) in [6.07, 6.45) is 3.08. The first-order chi connectivity index (χ1) is 6.81. The van der Waals surface area contributed by atoms with Gasteiger partial charge in [0.25, 0.3) is 0 Å². The van der Waals surface area contributed by atoms with E-state index < -0.39 is 0 Å². The number of aromatic nitrogens is 1.